The third-order valence-electron chi connectivity index (χ3n) is 8.73. The largest absolute Gasteiger partial charge is 0.208 e. The van der Waals surface area contributed by atoms with Crippen molar-refractivity contribution < 1.29 is 0 Å². The number of rotatable bonds is 4. The lowest BCUT2D eigenvalue weighted by molar-refractivity contribution is 0.660. The van der Waals surface area contributed by atoms with E-state index in [1.54, 1.807) is 0 Å². The Bertz CT molecular complexity index is 2140. The molecule has 0 fully saturated rings. The van der Waals surface area contributed by atoms with Crippen molar-refractivity contribution in [1.82, 2.24) is 15.0 Å². The molecule has 1 aliphatic carbocycles. The monoisotopic (exact) mass is 551 g/mol. The zero-order valence-electron chi connectivity index (χ0n) is 24.1. The third kappa shape index (κ3) is 4.33. The molecule has 3 heteroatoms. The normalized spacial score (nSPS) is 13.1. The summed E-state index contributed by atoms with van der Waals surface area (Å²) < 4.78 is 0. The van der Waals surface area contributed by atoms with Crippen molar-refractivity contribution >= 4 is 10.8 Å². The highest BCUT2D eigenvalue weighted by Gasteiger charge is 2.35. The van der Waals surface area contributed by atoms with Gasteiger partial charge in [-0.3, -0.25) is 0 Å². The third-order valence-corrected chi connectivity index (χ3v) is 8.73. The molecule has 8 rings (SSSR count). The highest BCUT2D eigenvalue weighted by Crippen LogP contribution is 2.49. The molecule has 0 saturated heterocycles. The van der Waals surface area contributed by atoms with Gasteiger partial charge in [0.25, 0.3) is 0 Å². The number of hydrogen-bond donors (Lipinski definition) is 0. The Morgan fingerprint density at radius 1 is 0.372 bits per heavy atom. The van der Waals surface area contributed by atoms with Crippen LogP contribution >= 0.6 is 0 Å². The van der Waals surface area contributed by atoms with E-state index in [-0.39, 0.29) is 5.41 Å². The first kappa shape index (κ1) is 25.3. The van der Waals surface area contributed by atoms with E-state index in [0.29, 0.717) is 17.5 Å². The molecule has 0 saturated carbocycles. The zero-order chi connectivity index (χ0) is 29.0. The van der Waals surface area contributed by atoms with E-state index in [9.17, 15) is 0 Å². The maximum absolute atomic E-state index is 5.07. The molecule has 1 heterocycles. The van der Waals surface area contributed by atoms with Gasteiger partial charge in [-0.05, 0) is 56.3 Å². The van der Waals surface area contributed by atoms with Crippen molar-refractivity contribution in [3.05, 3.63) is 151 Å². The molecule has 0 radical (unpaired) electrons. The van der Waals surface area contributed by atoms with E-state index >= 15 is 0 Å². The number of fused-ring (bicyclic) bond motifs is 4. The van der Waals surface area contributed by atoms with Crippen LogP contribution in [0.2, 0.25) is 0 Å². The Hall–Kier alpha value is -5.41. The maximum atomic E-state index is 5.07. The smallest absolute Gasteiger partial charge is 0.164 e. The van der Waals surface area contributed by atoms with Crippen LogP contribution in [-0.4, -0.2) is 15.0 Å². The molecular formula is C40H29N3. The average molecular weight is 552 g/mol. The fourth-order valence-electron chi connectivity index (χ4n) is 6.38. The molecule has 43 heavy (non-hydrogen) atoms. The van der Waals surface area contributed by atoms with Crippen LogP contribution in [-0.2, 0) is 5.41 Å². The van der Waals surface area contributed by atoms with E-state index < -0.39 is 0 Å². The standard InChI is InChI=1S/C40H29N3/c1-40(2)35-15-9-8-14-33(35)34-23-22-32(25-36(34)40)39-42-37(29-19-16-28(17-20-29)26-10-4-3-5-11-26)41-38(43-39)31-21-18-27-12-6-7-13-30(27)24-31/h3-25H,1-2H3. The summed E-state index contributed by atoms with van der Waals surface area (Å²) in [7, 11) is 0. The van der Waals surface area contributed by atoms with Gasteiger partial charge >= 0.3 is 0 Å². The van der Waals surface area contributed by atoms with E-state index in [4.69, 9.17) is 15.0 Å². The Labute approximate surface area is 251 Å². The summed E-state index contributed by atoms with van der Waals surface area (Å²) in [5.41, 5.74) is 10.4. The fourth-order valence-corrected chi connectivity index (χ4v) is 6.38. The Morgan fingerprint density at radius 2 is 0.884 bits per heavy atom. The molecule has 0 amide bonds. The predicted molar refractivity (Wildman–Crippen MR) is 177 cm³/mol. The maximum Gasteiger partial charge on any atom is 0.164 e. The van der Waals surface area contributed by atoms with Crippen LogP contribution < -0.4 is 0 Å². The van der Waals surface area contributed by atoms with Crippen LogP contribution in [0.25, 0.3) is 67.2 Å². The molecule has 0 unspecified atom stereocenters. The first-order valence-corrected chi connectivity index (χ1v) is 14.7. The summed E-state index contributed by atoms with van der Waals surface area (Å²) in [6.07, 6.45) is 0. The molecule has 7 aromatic rings. The van der Waals surface area contributed by atoms with Crippen LogP contribution in [0, 0.1) is 0 Å². The highest BCUT2D eigenvalue weighted by molar-refractivity contribution is 5.87. The summed E-state index contributed by atoms with van der Waals surface area (Å²) in [4.78, 5) is 15.2. The van der Waals surface area contributed by atoms with Gasteiger partial charge in [-0.1, -0.05) is 141 Å². The topological polar surface area (TPSA) is 38.7 Å². The molecular weight excluding hydrogens is 522 g/mol. The number of nitrogens with zero attached hydrogens (tertiary/aromatic N) is 3. The van der Waals surface area contributed by atoms with Gasteiger partial charge in [-0.2, -0.15) is 0 Å². The van der Waals surface area contributed by atoms with Gasteiger partial charge in [0.1, 0.15) is 0 Å². The van der Waals surface area contributed by atoms with E-state index in [0.717, 1.165) is 27.6 Å². The summed E-state index contributed by atoms with van der Waals surface area (Å²) in [6, 6.07) is 49.1. The van der Waals surface area contributed by atoms with Gasteiger partial charge < -0.3 is 0 Å². The van der Waals surface area contributed by atoms with Gasteiger partial charge in [0.2, 0.25) is 0 Å². The van der Waals surface area contributed by atoms with Crippen molar-refractivity contribution in [2.75, 3.05) is 0 Å². The summed E-state index contributed by atoms with van der Waals surface area (Å²) >= 11 is 0. The first-order valence-electron chi connectivity index (χ1n) is 14.7. The second kappa shape index (κ2) is 9.85. The van der Waals surface area contributed by atoms with Crippen molar-refractivity contribution in [3.8, 4) is 56.4 Å². The average Bonchev–Trinajstić information content (AvgIpc) is 3.30. The van der Waals surface area contributed by atoms with E-state index in [1.165, 1.54) is 33.2 Å². The van der Waals surface area contributed by atoms with Crippen molar-refractivity contribution in [3.63, 3.8) is 0 Å². The Kier molecular flexibility index (Phi) is 5.80. The van der Waals surface area contributed by atoms with Gasteiger partial charge in [0, 0.05) is 22.1 Å². The lowest BCUT2D eigenvalue weighted by atomic mass is 9.82. The molecule has 0 atom stereocenters. The molecule has 1 aliphatic rings. The van der Waals surface area contributed by atoms with E-state index in [2.05, 4.69) is 147 Å². The first-order chi connectivity index (χ1) is 21.0. The molecule has 0 spiro atoms. The van der Waals surface area contributed by atoms with Crippen LogP contribution in [0.15, 0.2) is 140 Å². The summed E-state index contributed by atoms with van der Waals surface area (Å²) in [5.74, 6) is 2.01. The molecule has 1 aromatic heterocycles. The number of aromatic nitrogens is 3. The van der Waals surface area contributed by atoms with Gasteiger partial charge in [0.15, 0.2) is 17.5 Å². The fraction of sp³-hybridized carbons (Fsp3) is 0.0750. The minimum Gasteiger partial charge on any atom is -0.208 e. The second-order valence-corrected chi connectivity index (χ2v) is 11.7. The minimum atomic E-state index is -0.105. The van der Waals surface area contributed by atoms with Crippen LogP contribution in [0.5, 0.6) is 0 Å². The second-order valence-electron chi connectivity index (χ2n) is 11.7. The van der Waals surface area contributed by atoms with Crippen molar-refractivity contribution in [2.45, 2.75) is 19.3 Å². The highest BCUT2D eigenvalue weighted by atomic mass is 15.0. The Balaban J connectivity index is 1.28. The number of benzene rings is 6. The lowest BCUT2D eigenvalue weighted by Crippen LogP contribution is -2.15. The SMILES string of the molecule is CC1(C)c2ccccc2-c2ccc(-c3nc(-c4ccc(-c5ccccc5)cc4)nc(-c4ccc5ccccc5c4)n3)cc21. The summed E-state index contributed by atoms with van der Waals surface area (Å²) in [6.45, 7) is 4.60. The van der Waals surface area contributed by atoms with Gasteiger partial charge in [-0.25, -0.2) is 15.0 Å². The van der Waals surface area contributed by atoms with Gasteiger partial charge in [-0.15, -0.1) is 0 Å². The lowest BCUT2D eigenvalue weighted by Gasteiger charge is -2.21. The molecule has 3 nitrogen and oxygen atoms in total. The molecule has 204 valence electrons. The van der Waals surface area contributed by atoms with Crippen LogP contribution in [0.3, 0.4) is 0 Å². The van der Waals surface area contributed by atoms with Gasteiger partial charge in [0.05, 0.1) is 0 Å². The number of hydrogen-bond acceptors (Lipinski definition) is 3. The molecule has 0 aliphatic heterocycles. The molecule has 0 bridgehead atoms. The van der Waals surface area contributed by atoms with Crippen molar-refractivity contribution in [1.29, 1.82) is 0 Å². The van der Waals surface area contributed by atoms with Crippen LogP contribution in [0.4, 0.5) is 0 Å². The van der Waals surface area contributed by atoms with Crippen LogP contribution in [0.1, 0.15) is 25.0 Å². The predicted octanol–water partition coefficient (Wildman–Crippen LogP) is 10.00. The minimum absolute atomic E-state index is 0.105. The Morgan fingerprint density at radius 3 is 1.65 bits per heavy atom. The van der Waals surface area contributed by atoms with Crippen molar-refractivity contribution in [2.24, 2.45) is 0 Å². The molecule has 6 aromatic carbocycles. The zero-order valence-corrected chi connectivity index (χ0v) is 24.1. The molecule has 0 N–H and O–H groups in total. The quantitative estimate of drug-likeness (QED) is 0.218. The summed E-state index contributed by atoms with van der Waals surface area (Å²) in [5, 5.41) is 2.35. The van der Waals surface area contributed by atoms with E-state index in [1.807, 2.05) is 6.07 Å².